The van der Waals surface area contributed by atoms with Gasteiger partial charge in [0.15, 0.2) is 0 Å². The molecule has 1 N–H and O–H groups in total. The lowest BCUT2D eigenvalue weighted by atomic mass is 9.85. The SMILES string of the molecule is CC(C)(C)C(O)c1c[c]ccc1. The zero-order valence-electron chi connectivity index (χ0n) is 7.83. The number of hydrogen-bond acceptors (Lipinski definition) is 1. The van der Waals surface area contributed by atoms with E-state index in [-0.39, 0.29) is 5.41 Å². The molecule has 1 nitrogen and oxygen atoms in total. The van der Waals surface area contributed by atoms with Gasteiger partial charge in [0.05, 0.1) is 6.10 Å². The maximum Gasteiger partial charge on any atom is 0.0838 e. The first-order valence-corrected chi connectivity index (χ1v) is 4.16. The van der Waals surface area contributed by atoms with Crippen LogP contribution in [0.3, 0.4) is 0 Å². The molecule has 0 fully saturated rings. The number of aliphatic hydroxyl groups is 1. The van der Waals surface area contributed by atoms with Crippen LogP contribution in [0.5, 0.6) is 0 Å². The number of hydrogen-bond donors (Lipinski definition) is 1. The van der Waals surface area contributed by atoms with Crippen molar-refractivity contribution < 1.29 is 5.11 Å². The standard InChI is InChI=1S/C11H15O/c1-11(2,3)10(12)9-7-5-4-6-8-9/h4-5,7-8,10,12H,1-3H3. The fraction of sp³-hybridized carbons (Fsp3) is 0.455. The second kappa shape index (κ2) is 3.28. The van der Waals surface area contributed by atoms with Gasteiger partial charge in [0, 0.05) is 0 Å². The first kappa shape index (κ1) is 9.27. The molecule has 0 heterocycles. The third kappa shape index (κ3) is 2.08. The second-order valence-corrected chi connectivity index (χ2v) is 4.11. The summed E-state index contributed by atoms with van der Waals surface area (Å²) in [7, 11) is 0. The van der Waals surface area contributed by atoms with Gasteiger partial charge in [-0.3, -0.25) is 0 Å². The molecule has 0 saturated carbocycles. The molecule has 0 amide bonds. The van der Waals surface area contributed by atoms with Crippen LogP contribution in [0.15, 0.2) is 24.3 Å². The van der Waals surface area contributed by atoms with Crippen molar-refractivity contribution in [3.63, 3.8) is 0 Å². The van der Waals surface area contributed by atoms with Crippen LogP contribution in [0, 0.1) is 11.5 Å². The van der Waals surface area contributed by atoms with E-state index in [4.69, 9.17) is 0 Å². The summed E-state index contributed by atoms with van der Waals surface area (Å²) >= 11 is 0. The molecule has 1 aromatic rings. The Morgan fingerprint density at radius 2 is 2.08 bits per heavy atom. The van der Waals surface area contributed by atoms with Crippen LogP contribution in [0.2, 0.25) is 0 Å². The summed E-state index contributed by atoms with van der Waals surface area (Å²) in [5.41, 5.74) is 0.833. The number of aliphatic hydroxyl groups excluding tert-OH is 1. The van der Waals surface area contributed by atoms with Crippen LogP contribution in [-0.2, 0) is 0 Å². The van der Waals surface area contributed by atoms with Crippen molar-refractivity contribution in [3.8, 4) is 0 Å². The molecule has 1 rings (SSSR count). The molecule has 1 radical (unpaired) electrons. The molecule has 0 bridgehead atoms. The van der Waals surface area contributed by atoms with E-state index in [1.54, 1.807) is 0 Å². The molecule has 0 aliphatic heterocycles. The zero-order valence-corrected chi connectivity index (χ0v) is 7.83. The second-order valence-electron chi connectivity index (χ2n) is 4.11. The smallest absolute Gasteiger partial charge is 0.0838 e. The lowest BCUT2D eigenvalue weighted by Crippen LogP contribution is -2.17. The first-order valence-electron chi connectivity index (χ1n) is 4.16. The van der Waals surface area contributed by atoms with E-state index >= 15 is 0 Å². The topological polar surface area (TPSA) is 20.2 Å². The zero-order chi connectivity index (χ0) is 9.19. The predicted molar refractivity (Wildman–Crippen MR) is 49.7 cm³/mol. The Kier molecular flexibility index (Phi) is 2.53. The summed E-state index contributed by atoms with van der Waals surface area (Å²) in [5, 5.41) is 9.84. The van der Waals surface area contributed by atoms with Crippen LogP contribution < -0.4 is 0 Å². The largest absolute Gasteiger partial charge is 0.388 e. The summed E-state index contributed by atoms with van der Waals surface area (Å²) in [6, 6.07) is 10.4. The van der Waals surface area contributed by atoms with Gasteiger partial charge in [0.2, 0.25) is 0 Å². The predicted octanol–water partition coefficient (Wildman–Crippen LogP) is 2.57. The number of rotatable bonds is 1. The van der Waals surface area contributed by atoms with Gasteiger partial charge in [-0.05, 0) is 23.1 Å². The van der Waals surface area contributed by atoms with Gasteiger partial charge >= 0.3 is 0 Å². The molecule has 1 heteroatoms. The maximum atomic E-state index is 9.84. The van der Waals surface area contributed by atoms with Crippen LogP contribution in [0.4, 0.5) is 0 Å². The van der Waals surface area contributed by atoms with Gasteiger partial charge in [-0.1, -0.05) is 39.0 Å². The molecule has 0 saturated heterocycles. The average Bonchev–Trinajstić information content (AvgIpc) is 2.03. The van der Waals surface area contributed by atoms with E-state index in [0.29, 0.717) is 0 Å². The van der Waals surface area contributed by atoms with Crippen molar-refractivity contribution in [1.29, 1.82) is 0 Å². The van der Waals surface area contributed by atoms with Crippen LogP contribution in [0.25, 0.3) is 0 Å². The molecule has 0 aliphatic rings. The van der Waals surface area contributed by atoms with Crippen molar-refractivity contribution >= 4 is 0 Å². The molecule has 1 atom stereocenters. The molecule has 1 aromatic carbocycles. The van der Waals surface area contributed by atoms with Gasteiger partial charge in [-0.25, -0.2) is 0 Å². The highest BCUT2D eigenvalue weighted by Crippen LogP contribution is 2.31. The molecule has 12 heavy (non-hydrogen) atoms. The Hall–Kier alpha value is -0.820. The van der Waals surface area contributed by atoms with E-state index in [0.717, 1.165) is 5.56 Å². The highest BCUT2D eigenvalue weighted by atomic mass is 16.3. The minimum absolute atomic E-state index is 0.102. The molecule has 1 unspecified atom stereocenters. The van der Waals surface area contributed by atoms with Crippen LogP contribution in [0.1, 0.15) is 32.4 Å². The van der Waals surface area contributed by atoms with Crippen molar-refractivity contribution in [2.75, 3.05) is 0 Å². The summed E-state index contributed by atoms with van der Waals surface area (Å²) in [5.74, 6) is 0. The van der Waals surface area contributed by atoms with Crippen molar-refractivity contribution in [2.24, 2.45) is 5.41 Å². The van der Waals surface area contributed by atoms with E-state index in [2.05, 4.69) is 6.07 Å². The quantitative estimate of drug-likeness (QED) is 0.674. The van der Waals surface area contributed by atoms with Gasteiger partial charge in [-0.15, -0.1) is 0 Å². The molecular weight excluding hydrogens is 148 g/mol. The van der Waals surface area contributed by atoms with E-state index < -0.39 is 6.10 Å². The summed E-state index contributed by atoms with van der Waals surface area (Å²) in [6.45, 7) is 6.06. The fourth-order valence-corrected chi connectivity index (χ4v) is 1.08. The minimum Gasteiger partial charge on any atom is -0.388 e. The highest BCUT2D eigenvalue weighted by Gasteiger charge is 2.23. The Morgan fingerprint density at radius 1 is 1.42 bits per heavy atom. The maximum absolute atomic E-state index is 9.84. The Morgan fingerprint density at radius 3 is 2.50 bits per heavy atom. The third-order valence-corrected chi connectivity index (χ3v) is 1.87. The molecule has 0 aromatic heterocycles. The Bertz CT molecular complexity index is 233. The lowest BCUT2D eigenvalue weighted by Gasteiger charge is -2.25. The van der Waals surface area contributed by atoms with Gasteiger partial charge in [0.1, 0.15) is 0 Å². The molecule has 65 valence electrons. The third-order valence-electron chi connectivity index (χ3n) is 1.87. The Labute approximate surface area is 74.1 Å². The van der Waals surface area contributed by atoms with Crippen molar-refractivity contribution in [2.45, 2.75) is 26.9 Å². The van der Waals surface area contributed by atoms with Crippen molar-refractivity contribution in [3.05, 3.63) is 35.9 Å². The van der Waals surface area contributed by atoms with E-state index in [1.807, 2.05) is 45.0 Å². The summed E-state index contributed by atoms with van der Waals surface area (Å²) < 4.78 is 0. The minimum atomic E-state index is -0.407. The Balaban J connectivity index is 2.86. The van der Waals surface area contributed by atoms with Gasteiger partial charge in [0.25, 0.3) is 0 Å². The van der Waals surface area contributed by atoms with E-state index in [1.165, 1.54) is 0 Å². The fourth-order valence-electron chi connectivity index (χ4n) is 1.08. The normalized spacial score (nSPS) is 14.3. The molecular formula is C11H15O. The highest BCUT2D eigenvalue weighted by molar-refractivity contribution is 5.17. The first-order chi connectivity index (χ1) is 5.52. The monoisotopic (exact) mass is 163 g/mol. The molecule has 0 spiro atoms. The summed E-state index contributed by atoms with van der Waals surface area (Å²) in [4.78, 5) is 0. The van der Waals surface area contributed by atoms with Crippen LogP contribution >= 0.6 is 0 Å². The van der Waals surface area contributed by atoms with Crippen molar-refractivity contribution in [1.82, 2.24) is 0 Å². The van der Waals surface area contributed by atoms with E-state index in [9.17, 15) is 5.11 Å². The van der Waals surface area contributed by atoms with Crippen LogP contribution in [-0.4, -0.2) is 5.11 Å². The summed E-state index contributed by atoms with van der Waals surface area (Å²) in [6.07, 6.45) is -0.407. The molecule has 0 aliphatic carbocycles. The lowest BCUT2D eigenvalue weighted by molar-refractivity contribution is 0.0626. The van der Waals surface area contributed by atoms with Gasteiger partial charge in [-0.2, -0.15) is 0 Å². The number of benzene rings is 1. The van der Waals surface area contributed by atoms with Gasteiger partial charge < -0.3 is 5.11 Å². The average molecular weight is 163 g/mol.